The molecule has 3 aromatic rings. The fraction of sp³-hybridized carbons (Fsp3) is 0.185. The number of carbonyl (C=O) groups is 1. The molecule has 0 unspecified atom stereocenters. The van der Waals surface area contributed by atoms with Crippen LogP contribution in [0.15, 0.2) is 72.3 Å². The average molecular weight is 461 g/mol. The lowest BCUT2D eigenvalue weighted by molar-refractivity contribution is -0.112. The van der Waals surface area contributed by atoms with Crippen LogP contribution in [0.3, 0.4) is 0 Å². The van der Waals surface area contributed by atoms with Gasteiger partial charge >= 0.3 is 0 Å². The summed E-state index contributed by atoms with van der Waals surface area (Å²) in [6, 6.07) is 22.3. The van der Waals surface area contributed by atoms with Gasteiger partial charge in [0.25, 0.3) is 5.91 Å². The normalized spacial score (nSPS) is 10.9. The summed E-state index contributed by atoms with van der Waals surface area (Å²) in [5.74, 6) is 0.919. The Balaban J connectivity index is 1.80. The van der Waals surface area contributed by atoms with Crippen LogP contribution in [0, 0.1) is 11.3 Å². The van der Waals surface area contributed by atoms with Gasteiger partial charge in [0, 0.05) is 17.1 Å². The molecule has 5 nitrogen and oxygen atoms in total. The molecule has 0 atom stereocenters. The number of hydrogen-bond acceptors (Lipinski definition) is 4. The Morgan fingerprint density at radius 1 is 1.00 bits per heavy atom. The first kappa shape index (κ1) is 23.9. The van der Waals surface area contributed by atoms with Crippen LogP contribution in [0.5, 0.6) is 11.5 Å². The molecule has 3 rings (SSSR count). The summed E-state index contributed by atoms with van der Waals surface area (Å²) in [4.78, 5) is 12.6. The second kappa shape index (κ2) is 11.8. The second-order valence-corrected chi connectivity index (χ2v) is 7.56. The fourth-order valence-electron chi connectivity index (χ4n) is 3.26. The highest BCUT2D eigenvalue weighted by Gasteiger charge is 2.12. The van der Waals surface area contributed by atoms with E-state index in [0.717, 1.165) is 11.1 Å². The van der Waals surface area contributed by atoms with E-state index in [1.165, 1.54) is 0 Å². The zero-order chi connectivity index (χ0) is 23.6. The van der Waals surface area contributed by atoms with Gasteiger partial charge in [0.15, 0.2) is 0 Å². The molecule has 0 saturated carbocycles. The predicted octanol–water partition coefficient (Wildman–Crippen LogP) is 6.27. The van der Waals surface area contributed by atoms with Gasteiger partial charge in [-0.05, 0) is 73.0 Å². The Kier molecular flexibility index (Phi) is 8.51. The molecule has 3 aromatic carbocycles. The summed E-state index contributed by atoms with van der Waals surface area (Å²) < 4.78 is 11.2. The van der Waals surface area contributed by atoms with Crippen molar-refractivity contribution in [2.45, 2.75) is 20.3 Å². The van der Waals surface area contributed by atoms with Crippen LogP contribution >= 0.6 is 11.6 Å². The topological polar surface area (TPSA) is 71.3 Å². The van der Waals surface area contributed by atoms with E-state index in [-0.39, 0.29) is 5.57 Å². The molecule has 1 N–H and O–H groups in total. The van der Waals surface area contributed by atoms with Crippen LogP contribution < -0.4 is 14.8 Å². The first-order chi connectivity index (χ1) is 16.0. The molecular formula is C27H25ClN2O3. The minimum atomic E-state index is -0.486. The number of ether oxygens (including phenoxy) is 2. The van der Waals surface area contributed by atoms with Crippen LogP contribution in [0.1, 0.15) is 30.5 Å². The number of nitriles is 1. The maximum atomic E-state index is 12.6. The van der Waals surface area contributed by atoms with Gasteiger partial charge in [-0.3, -0.25) is 4.79 Å². The molecule has 0 heterocycles. The van der Waals surface area contributed by atoms with Gasteiger partial charge in [-0.1, -0.05) is 41.9 Å². The molecule has 0 aliphatic heterocycles. The zero-order valence-corrected chi connectivity index (χ0v) is 19.4. The van der Waals surface area contributed by atoms with Crippen molar-refractivity contribution in [3.63, 3.8) is 0 Å². The molecule has 168 valence electrons. The molecule has 0 aliphatic rings. The van der Waals surface area contributed by atoms with Crippen molar-refractivity contribution in [1.82, 2.24) is 0 Å². The largest absolute Gasteiger partial charge is 0.494 e. The summed E-state index contributed by atoms with van der Waals surface area (Å²) in [6.07, 6.45) is 2.16. The van der Waals surface area contributed by atoms with E-state index in [4.69, 9.17) is 21.1 Å². The summed E-state index contributed by atoms with van der Waals surface area (Å²) in [5, 5.41) is 13.0. The monoisotopic (exact) mass is 460 g/mol. The molecule has 0 radical (unpaired) electrons. The molecular weight excluding hydrogens is 436 g/mol. The van der Waals surface area contributed by atoms with E-state index in [1.54, 1.807) is 30.3 Å². The molecule has 0 saturated heterocycles. The SMILES string of the molecule is CCOc1ccc(NC(=O)/C(C#N)=C/c2ccc(Cc3ccccc3Cl)c(OCC)c2)cc1. The lowest BCUT2D eigenvalue weighted by Crippen LogP contribution is -2.13. The standard InChI is InChI=1S/C27H25ClN2O3/c1-3-32-24-13-11-23(12-14-24)30-27(31)22(18-29)15-19-9-10-21(26(16-19)33-4-2)17-20-7-5-6-8-25(20)28/h5-16H,3-4,17H2,1-2H3,(H,30,31)/b22-15+. The number of nitrogens with zero attached hydrogens (tertiary/aromatic N) is 1. The number of benzene rings is 3. The van der Waals surface area contributed by atoms with E-state index in [0.29, 0.717) is 47.4 Å². The van der Waals surface area contributed by atoms with E-state index >= 15 is 0 Å². The second-order valence-electron chi connectivity index (χ2n) is 7.15. The minimum absolute atomic E-state index is 0.00909. The number of carbonyl (C=O) groups excluding carboxylic acids is 1. The lowest BCUT2D eigenvalue weighted by Gasteiger charge is -2.12. The van der Waals surface area contributed by atoms with Gasteiger partial charge in [0.2, 0.25) is 0 Å². The molecule has 6 heteroatoms. The summed E-state index contributed by atoms with van der Waals surface area (Å²) in [5.41, 5.74) is 3.23. The first-order valence-electron chi connectivity index (χ1n) is 10.7. The Morgan fingerprint density at radius 3 is 2.39 bits per heavy atom. The molecule has 0 fully saturated rings. The van der Waals surface area contributed by atoms with Gasteiger partial charge in [-0.15, -0.1) is 0 Å². The minimum Gasteiger partial charge on any atom is -0.494 e. The Morgan fingerprint density at radius 2 is 1.73 bits per heavy atom. The van der Waals surface area contributed by atoms with Gasteiger partial charge in [-0.2, -0.15) is 5.26 Å². The summed E-state index contributed by atoms with van der Waals surface area (Å²) in [7, 11) is 0. The zero-order valence-electron chi connectivity index (χ0n) is 18.6. The Labute approximate surface area is 199 Å². The number of hydrogen-bond donors (Lipinski definition) is 1. The highest BCUT2D eigenvalue weighted by Crippen LogP contribution is 2.27. The van der Waals surface area contributed by atoms with Gasteiger partial charge in [0.1, 0.15) is 23.1 Å². The number of rotatable bonds is 9. The van der Waals surface area contributed by atoms with E-state index in [9.17, 15) is 10.1 Å². The van der Waals surface area contributed by atoms with E-state index in [2.05, 4.69) is 5.32 Å². The van der Waals surface area contributed by atoms with Crippen molar-refractivity contribution in [3.05, 3.63) is 94.0 Å². The third kappa shape index (κ3) is 6.61. The third-order valence-corrected chi connectivity index (χ3v) is 5.20. The third-order valence-electron chi connectivity index (χ3n) is 4.83. The van der Waals surface area contributed by atoms with Gasteiger partial charge in [0.05, 0.1) is 13.2 Å². The molecule has 0 aliphatic carbocycles. The van der Waals surface area contributed by atoms with Gasteiger partial charge < -0.3 is 14.8 Å². The maximum absolute atomic E-state index is 12.6. The Hall–Kier alpha value is -3.75. The number of halogens is 1. The predicted molar refractivity (Wildman–Crippen MR) is 132 cm³/mol. The molecule has 0 aromatic heterocycles. The van der Waals surface area contributed by atoms with E-state index in [1.807, 2.05) is 62.4 Å². The van der Waals surface area contributed by atoms with Crippen molar-refractivity contribution in [2.75, 3.05) is 18.5 Å². The maximum Gasteiger partial charge on any atom is 0.266 e. The lowest BCUT2D eigenvalue weighted by atomic mass is 10.0. The highest BCUT2D eigenvalue weighted by molar-refractivity contribution is 6.31. The van der Waals surface area contributed by atoms with Crippen molar-refractivity contribution in [2.24, 2.45) is 0 Å². The molecule has 33 heavy (non-hydrogen) atoms. The van der Waals surface area contributed by atoms with Crippen LogP contribution in [0.25, 0.3) is 6.08 Å². The van der Waals surface area contributed by atoms with Crippen LogP contribution in [0.2, 0.25) is 5.02 Å². The first-order valence-corrected chi connectivity index (χ1v) is 11.1. The van der Waals surface area contributed by atoms with Crippen molar-refractivity contribution in [1.29, 1.82) is 5.26 Å². The average Bonchev–Trinajstić information content (AvgIpc) is 2.82. The molecule has 1 amide bonds. The van der Waals surface area contributed by atoms with Gasteiger partial charge in [-0.25, -0.2) is 0 Å². The van der Waals surface area contributed by atoms with Crippen molar-refractivity contribution >= 4 is 29.3 Å². The molecule has 0 bridgehead atoms. The fourth-order valence-corrected chi connectivity index (χ4v) is 3.46. The van der Waals surface area contributed by atoms with Crippen LogP contribution in [-0.2, 0) is 11.2 Å². The van der Waals surface area contributed by atoms with Crippen LogP contribution in [0.4, 0.5) is 5.69 Å². The number of amides is 1. The molecule has 0 spiro atoms. The Bertz CT molecular complexity index is 1180. The number of nitrogens with one attached hydrogen (secondary N) is 1. The highest BCUT2D eigenvalue weighted by atomic mass is 35.5. The van der Waals surface area contributed by atoms with E-state index < -0.39 is 5.91 Å². The quantitative estimate of drug-likeness (QED) is 0.301. The van der Waals surface area contributed by atoms with Crippen molar-refractivity contribution < 1.29 is 14.3 Å². The van der Waals surface area contributed by atoms with Crippen molar-refractivity contribution in [3.8, 4) is 17.6 Å². The number of anilines is 1. The summed E-state index contributed by atoms with van der Waals surface area (Å²) in [6.45, 7) is 4.87. The summed E-state index contributed by atoms with van der Waals surface area (Å²) >= 11 is 6.31. The van der Waals surface area contributed by atoms with Crippen LogP contribution in [-0.4, -0.2) is 19.1 Å². The smallest absolute Gasteiger partial charge is 0.266 e.